The lowest BCUT2D eigenvalue weighted by atomic mass is 10.1. The molecular formula is C24H22F3N7O4S. The lowest BCUT2D eigenvalue weighted by Crippen LogP contribution is -2.46. The molecule has 0 bridgehead atoms. The number of piperazine rings is 1. The Morgan fingerprint density at radius 1 is 1.03 bits per heavy atom. The van der Waals surface area contributed by atoms with Gasteiger partial charge in [0.2, 0.25) is 5.95 Å². The summed E-state index contributed by atoms with van der Waals surface area (Å²) in [4.78, 5) is 12.2. The fraction of sp³-hybridized carbons (Fsp3) is 0.292. The summed E-state index contributed by atoms with van der Waals surface area (Å²) in [6.45, 7) is 2.33. The molecule has 5 rings (SSSR count). The third kappa shape index (κ3) is 5.73. The summed E-state index contributed by atoms with van der Waals surface area (Å²) in [5.41, 5.74) is 0.0871. The van der Waals surface area contributed by atoms with E-state index < -0.39 is 27.9 Å². The van der Waals surface area contributed by atoms with E-state index in [4.69, 9.17) is 0 Å². The maximum atomic E-state index is 13.9. The van der Waals surface area contributed by atoms with Crippen LogP contribution in [0.3, 0.4) is 0 Å². The number of alkyl halides is 3. The minimum absolute atomic E-state index is 0.0434. The molecule has 3 aromatic rings. The lowest BCUT2D eigenvalue weighted by molar-refractivity contribution is -0.149. The second-order valence-corrected chi connectivity index (χ2v) is 10.1. The fourth-order valence-electron chi connectivity index (χ4n) is 4.22. The van der Waals surface area contributed by atoms with Gasteiger partial charge in [-0.25, -0.2) is 4.98 Å². The predicted octanol–water partition coefficient (Wildman–Crippen LogP) is 3.70. The fourth-order valence-corrected chi connectivity index (χ4v) is 5.08. The molecule has 2 fully saturated rings. The number of aromatic nitrogens is 2. The summed E-state index contributed by atoms with van der Waals surface area (Å²) in [5.74, 6) is -1.76. The van der Waals surface area contributed by atoms with Crippen LogP contribution in [0.4, 0.5) is 42.0 Å². The summed E-state index contributed by atoms with van der Waals surface area (Å²) < 4.78 is 73.7. The third-order valence-corrected chi connectivity index (χ3v) is 7.04. The molecule has 2 saturated heterocycles. The highest BCUT2D eigenvalue weighted by Gasteiger charge is 2.54. The van der Waals surface area contributed by atoms with E-state index >= 15 is 0 Å². The number of hydrogen-bond acceptors (Lipinski definition) is 11. The van der Waals surface area contributed by atoms with Gasteiger partial charge in [-0.05, 0) is 43.4 Å². The molecule has 39 heavy (non-hydrogen) atoms. The average Bonchev–Trinajstić information content (AvgIpc) is 2.87. The molecule has 204 valence electrons. The quantitative estimate of drug-likeness (QED) is 0.456. The largest absolute Gasteiger partial charge is 0.418 e. The minimum atomic E-state index is -4.56. The standard InChI is InChI=1S/C24H22F3N7O4S/c1-33-9-11-34(12-10-33)20-6-5-18(14-19(20)24(25,26)27)31-22-29-8-7-21(32-22)30-17-4-2-3-16(13-17)23(15-28)37-39(35,36)38-23/h2-8,13-14H,9-12H2,1H3,(H2,29,30,31,32). The zero-order chi connectivity index (χ0) is 27.8. The maximum absolute atomic E-state index is 13.9. The number of nitrogens with zero attached hydrogens (tertiary/aromatic N) is 5. The Hall–Kier alpha value is -3.97. The van der Waals surface area contributed by atoms with Crippen molar-refractivity contribution in [3.8, 4) is 6.07 Å². The zero-order valence-electron chi connectivity index (χ0n) is 20.4. The second kappa shape index (κ2) is 9.97. The molecule has 0 atom stereocenters. The van der Waals surface area contributed by atoms with Crippen LogP contribution in [0.15, 0.2) is 54.7 Å². The maximum Gasteiger partial charge on any atom is 0.418 e. The van der Waals surface area contributed by atoms with Crippen LogP contribution in [0.25, 0.3) is 0 Å². The number of anilines is 5. The van der Waals surface area contributed by atoms with Crippen molar-refractivity contribution in [2.75, 3.05) is 48.8 Å². The van der Waals surface area contributed by atoms with Gasteiger partial charge in [0.15, 0.2) is 0 Å². The first-order chi connectivity index (χ1) is 18.5. The Balaban J connectivity index is 1.34. The third-order valence-electron chi connectivity index (χ3n) is 6.16. The van der Waals surface area contributed by atoms with Crippen LogP contribution in [0, 0.1) is 11.3 Å². The number of halogens is 3. The summed E-state index contributed by atoms with van der Waals surface area (Å²) >= 11 is 0. The van der Waals surface area contributed by atoms with E-state index in [1.807, 2.05) is 7.05 Å². The van der Waals surface area contributed by atoms with E-state index in [0.29, 0.717) is 31.9 Å². The monoisotopic (exact) mass is 561 g/mol. The number of benzene rings is 2. The van der Waals surface area contributed by atoms with Gasteiger partial charge in [-0.15, -0.1) is 0 Å². The number of nitriles is 1. The number of rotatable bonds is 6. The Bertz CT molecular complexity index is 1530. The molecule has 2 aliphatic heterocycles. The number of likely N-dealkylation sites (N-methyl/N-ethyl adjacent to an activating group) is 1. The SMILES string of the molecule is CN1CCN(c2ccc(Nc3nccc(Nc4cccc(C5(C#N)OS(=O)(=O)O5)c4)n3)cc2C(F)(F)F)CC1. The van der Waals surface area contributed by atoms with Crippen molar-refractivity contribution >= 4 is 39.2 Å². The van der Waals surface area contributed by atoms with Crippen LogP contribution >= 0.6 is 0 Å². The van der Waals surface area contributed by atoms with Crippen LogP contribution in [-0.2, 0) is 30.7 Å². The molecule has 0 saturated carbocycles. The van der Waals surface area contributed by atoms with Crippen molar-refractivity contribution in [3.63, 3.8) is 0 Å². The van der Waals surface area contributed by atoms with E-state index in [0.717, 1.165) is 6.07 Å². The van der Waals surface area contributed by atoms with Gasteiger partial charge in [0.05, 0.1) is 5.56 Å². The van der Waals surface area contributed by atoms with Crippen LogP contribution in [0.5, 0.6) is 0 Å². The Labute approximate surface area is 222 Å². The smallest absolute Gasteiger partial charge is 0.368 e. The molecule has 1 aromatic heterocycles. The highest BCUT2D eigenvalue weighted by Crippen LogP contribution is 2.41. The molecule has 2 aromatic carbocycles. The number of hydrogen-bond donors (Lipinski definition) is 2. The van der Waals surface area contributed by atoms with E-state index in [-0.39, 0.29) is 28.7 Å². The van der Waals surface area contributed by atoms with Crippen LogP contribution < -0.4 is 15.5 Å². The van der Waals surface area contributed by atoms with Crippen molar-refractivity contribution in [1.82, 2.24) is 14.9 Å². The van der Waals surface area contributed by atoms with Gasteiger partial charge in [0.1, 0.15) is 11.9 Å². The zero-order valence-corrected chi connectivity index (χ0v) is 21.3. The van der Waals surface area contributed by atoms with E-state index in [1.165, 1.54) is 30.5 Å². The van der Waals surface area contributed by atoms with Gasteiger partial charge in [0.25, 0.3) is 0 Å². The van der Waals surface area contributed by atoms with Crippen molar-refractivity contribution in [2.45, 2.75) is 12.0 Å². The molecule has 2 N–H and O–H groups in total. The highest BCUT2D eigenvalue weighted by atomic mass is 32.3. The van der Waals surface area contributed by atoms with Gasteiger partial charge in [-0.1, -0.05) is 12.1 Å². The molecule has 0 amide bonds. The Morgan fingerprint density at radius 3 is 2.41 bits per heavy atom. The lowest BCUT2D eigenvalue weighted by Gasteiger charge is -2.35. The Kier molecular flexibility index (Phi) is 6.81. The predicted molar refractivity (Wildman–Crippen MR) is 135 cm³/mol. The van der Waals surface area contributed by atoms with Gasteiger partial charge < -0.3 is 20.4 Å². The van der Waals surface area contributed by atoms with Crippen LogP contribution in [-0.4, -0.2) is 56.5 Å². The molecule has 3 heterocycles. The topological polar surface area (TPSA) is 133 Å². The van der Waals surface area contributed by atoms with E-state index in [1.54, 1.807) is 29.2 Å². The molecule has 0 aliphatic carbocycles. The van der Waals surface area contributed by atoms with Crippen LogP contribution in [0.1, 0.15) is 11.1 Å². The number of nitrogens with one attached hydrogen (secondary N) is 2. The molecule has 0 spiro atoms. The molecule has 0 radical (unpaired) electrons. The first-order valence-electron chi connectivity index (χ1n) is 11.7. The summed E-state index contributed by atoms with van der Waals surface area (Å²) in [5, 5.41) is 15.2. The summed E-state index contributed by atoms with van der Waals surface area (Å²) in [6.07, 6.45) is -3.15. The molecule has 2 aliphatic rings. The van der Waals surface area contributed by atoms with E-state index in [9.17, 15) is 26.9 Å². The van der Waals surface area contributed by atoms with Crippen molar-refractivity contribution in [1.29, 1.82) is 5.26 Å². The second-order valence-electron chi connectivity index (χ2n) is 8.92. The van der Waals surface area contributed by atoms with Crippen LogP contribution in [0.2, 0.25) is 0 Å². The van der Waals surface area contributed by atoms with Gasteiger partial charge in [-0.2, -0.15) is 40.2 Å². The first-order valence-corrected chi connectivity index (χ1v) is 13.0. The highest BCUT2D eigenvalue weighted by molar-refractivity contribution is 7.82. The van der Waals surface area contributed by atoms with Crippen molar-refractivity contribution < 1.29 is 30.0 Å². The molecule has 11 nitrogen and oxygen atoms in total. The summed E-state index contributed by atoms with van der Waals surface area (Å²) in [7, 11) is -2.30. The molecule has 15 heteroatoms. The minimum Gasteiger partial charge on any atom is -0.368 e. The summed E-state index contributed by atoms with van der Waals surface area (Å²) in [6, 6.07) is 13.3. The normalized spacial score (nSPS) is 18.6. The van der Waals surface area contributed by atoms with Crippen molar-refractivity contribution in [2.24, 2.45) is 0 Å². The van der Waals surface area contributed by atoms with Gasteiger partial charge in [-0.3, -0.25) is 0 Å². The first kappa shape index (κ1) is 26.6. The molecule has 0 unspecified atom stereocenters. The van der Waals surface area contributed by atoms with Crippen molar-refractivity contribution in [3.05, 3.63) is 65.9 Å². The van der Waals surface area contributed by atoms with E-state index in [2.05, 4.69) is 33.9 Å². The van der Waals surface area contributed by atoms with Gasteiger partial charge >= 0.3 is 22.4 Å². The average molecular weight is 562 g/mol. The molecular weight excluding hydrogens is 539 g/mol. The Morgan fingerprint density at radius 2 is 1.74 bits per heavy atom. The van der Waals surface area contributed by atoms with Gasteiger partial charge in [0, 0.05) is 55.0 Å².